The van der Waals surface area contributed by atoms with Crippen LogP contribution in [0.4, 0.5) is 0 Å². The molecule has 37 nitrogen and oxygen atoms in total. The number of aliphatic hydroxyl groups is 2. The van der Waals surface area contributed by atoms with Gasteiger partial charge < -0.3 is 105 Å². The fraction of sp³-hybridized carbons (Fsp3) is 0.707. The van der Waals surface area contributed by atoms with Crippen molar-refractivity contribution in [3.05, 3.63) is 0 Å². The van der Waals surface area contributed by atoms with Gasteiger partial charge in [0.25, 0.3) is 0 Å². The maximum Gasteiger partial charge on any atom is 0.326 e. The predicted octanol–water partition coefficient (Wildman–Crippen LogP) is -6.53. The number of likely N-dealkylation sites (tertiary alicyclic amines) is 2. The first-order chi connectivity index (χ1) is 44.2. The smallest absolute Gasteiger partial charge is 0.326 e. The fourth-order valence-corrected chi connectivity index (χ4v) is 10.1. The van der Waals surface area contributed by atoms with E-state index in [1.807, 2.05) is 19.2 Å². The van der Waals surface area contributed by atoms with Gasteiger partial charge in [-0.25, -0.2) is 4.79 Å². The Kier molecular flexibility index (Phi) is 33.6. The highest BCUT2D eigenvalue weighted by atomic mass is 16.4. The minimum absolute atomic E-state index is 0.0403. The zero-order chi connectivity index (χ0) is 72.5. The van der Waals surface area contributed by atoms with E-state index in [4.69, 9.17) is 16.6 Å². The van der Waals surface area contributed by atoms with Crippen LogP contribution in [0.1, 0.15) is 139 Å². The molecule has 95 heavy (non-hydrogen) atoms. The number of nitrogens with zero attached hydrogens (tertiary/aromatic N) is 2. The van der Waals surface area contributed by atoms with Crippen molar-refractivity contribution in [2.75, 3.05) is 19.7 Å². The van der Waals surface area contributed by atoms with E-state index in [0.29, 0.717) is 19.3 Å². The molecule has 0 aromatic rings. The summed E-state index contributed by atoms with van der Waals surface area (Å²) in [6, 6.07) is -20.6. The summed E-state index contributed by atoms with van der Waals surface area (Å²) in [5, 5.41) is 81.4. The lowest BCUT2D eigenvalue weighted by Gasteiger charge is -2.32. The minimum Gasteiger partial charge on any atom is -0.481 e. The molecule has 0 unspecified atom stereocenters. The molecule has 0 radical (unpaired) electrons. The lowest BCUT2D eigenvalue weighted by atomic mass is 9.98. The normalized spacial score (nSPS) is 18.5. The zero-order valence-corrected chi connectivity index (χ0v) is 54.6. The summed E-state index contributed by atoms with van der Waals surface area (Å²) >= 11 is 0. The highest BCUT2D eigenvalue weighted by molar-refractivity contribution is 6.01. The molecule has 0 spiro atoms. The van der Waals surface area contributed by atoms with Gasteiger partial charge in [-0.05, 0) is 83.5 Å². The highest BCUT2D eigenvalue weighted by Gasteiger charge is 2.43. The van der Waals surface area contributed by atoms with Crippen LogP contribution in [0.3, 0.4) is 0 Å². The third-order valence-corrected chi connectivity index (χ3v) is 15.6. The van der Waals surface area contributed by atoms with E-state index >= 15 is 0 Å². The van der Waals surface area contributed by atoms with E-state index in [1.165, 1.54) is 11.8 Å². The van der Waals surface area contributed by atoms with Crippen molar-refractivity contribution in [2.45, 2.75) is 224 Å². The first kappa shape index (κ1) is 82.0. The van der Waals surface area contributed by atoms with Crippen LogP contribution in [0.5, 0.6) is 0 Å². The Morgan fingerprint density at radius 3 is 1.25 bits per heavy atom. The van der Waals surface area contributed by atoms with E-state index in [9.17, 15) is 107 Å². The van der Waals surface area contributed by atoms with Crippen LogP contribution in [0.15, 0.2) is 0 Å². The fourth-order valence-electron chi connectivity index (χ4n) is 10.1. The third kappa shape index (κ3) is 26.7. The van der Waals surface area contributed by atoms with Gasteiger partial charge in [0.1, 0.15) is 72.5 Å². The Morgan fingerprint density at radius 1 is 0.463 bits per heavy atom. The maximum atomic E-state index is 14.2. The van der Waals surface area contributed by atoms with E-state index in [-0.39, 0.29) is 50.6 Å². The number of carboxylic acids is 4. The van der Waals surface area contributed by atoms with Crippen molar-refractivity contribution in [3.63, 3.8) is 0 Å². The molecule has 13 amide bonds. The second-order valence-corrected chi connectivity index (χ2v) is 24.5. The van der Waals surface area contributed by atoms with Crippen LogP contribution in [0, 0.1) is 17.8 Å². The zero-order valence-electron chi connectivity index (χ0n) is 54.6. The number of nitrogens with two attached hydrogens (primary N) is 2. The molecule has 37 heteroatoms. The monoisotopic (exact) mass is 1350 g/mol. The van der Waals surface area contributed by atoms with E-state index in [0.717, 1.165) is 18.7 Å². The van der Waals surface area contributed by atoms with Gasteiger partial charge >= 0.3 is 23.9 Å². The van der Waals surface area contributed by atoms with Gasteiger partial charge in [0, 0.05) is 19.5 Å². The number of carboxylic acid groups (broad SMARTS) is 4. The van der Waals surface area contributed by atoms with Crippen molar-refractivity contribution in [3.8, 4) is 0 Å². The first-order valence-electron chi connectivity index (χ1n) is 31.1. The van der Waals surface area contributed by atoms with E-state index < -0.39 is 230 Å². The highest BCUT2D eigenvalue weighted by Crippen LogP contribution is 2.23. The third-order valence-electron chi connectivity index (χ3n) is 15.6. The van der Waals surface area contributed by atoms with Gasteiger partial charge in [0.05, 0.1) is 38.0 Å². The Morgan fingerprint density at radius 2 is 0.832 bits per heavy atom. The lowest BCUT2D eigenvalue weighted by molar-refractivity contribution is -0.147. The predicted molar refractivity (Wildman–Crippen MR) is 328 cm³/mol. The molecule has 0 saturated carbocycles. The molecular formula is C58H94N14O23. The molecule has 15 atom stereocenters. The molecule has 0 aliphatic carbocycles. The SMILES string of the molecule is CC[C@H](C)[C@H](N)C(=O)N1CCC[C@H]1C(=O)N[C@@H](C)C(=O)N[C@@H](CC(C)C)C(=O)N[C@@H](CC(=O)O)C(=O)N[C@@H](CO)C(=O)N[C@@H](CC(C)C)C(=O)N[C@H](C(=O)N1CCC[C@H]1C(=O)N[C@@H](C)C(=O)N[C@@H](CC(N)=O)C(=O)N[C@@H](CCC(=O)O)C(=O)N[C@@H](CC(=O)O)C(=O)O)[C@@H](C)O. The molecule has 534 valence electrons. The van der Waals surface area contributed by atoms with Crippen molar-refractivity contribution >= 4 is 101 Å². The van der Waals surface area contributed by atoms with E-state index in [2.05, 4.69) is 47.9 Å². The molecule has 2 rings (SSSR count). The quantitative estimate of drug-likeness (QED) is 0.0271. The molecular weight excluding hydrogens is 1260 g/mol. The van der Waals surface area contributed by atoms with Gasteiger partial charge in [-0.1, -0.05) is 48.0 Å². The molecule has 0 aromatic heterocycles. The molecule has 2 aliphatic heterocycles. The topological polar surface area (TPSA) is 590 Å². The maximum absolute atomic E-state index is 14.2. The lowest BCUT2D eigenvalue weighted by Crippen LogP contribution is -2.62. The molecule has 2 fully saturated rings. The van der Waals surface area contributed by atoms with Gasteiger partial charge in [-0.2, -0.15) is 0 Å². The largest absolute Gasteiger partial charge is 0.481 e. The number of nitrogens with one attached hydrogen (secondary N) is 10. The number of hydrogen-bond acceptors (Lipinski definition) is 20. The second-order valence-electron chi connectivity index (χ2n) is 24.5. The molecule has 2 aliphatic rings. The number of carbonyl (C=O) groups is 17. The number of rotatable bonds is 40. The number of hydrogen-bond donors (Lipinski definition) is 18. The summed E-state index contributed by atoms with van der Waals surface area (Å²) in [7, 11) is 0. The van der Waals surface area contributed by atoms with Gasteiger partial charge in [-0.15, -0.1) is 0 Å². The van der Waals surface area contributed by atoms with Crippen LogP contribution >= 0.6 is 0 Å². The summed E-state index contributed by atoms with van der Waals surface area (Å²) in [6.45, 7) is 12.9. The number of aliphatic carboxylic acids is 4. The number of carbonyl (C=O) groups excluding carboxylic acids is 13. The molecule has 0 bridgehead atoms. The summed E-state index contributed by atoms with van der Waals surface area (Å²) < 4.78 is 0. The standard InChI is InChI=1S/C58H94N14O23/c1-10-27(6)44(60)56(92)71-17-11-13-38(71)54(90)61-28(7)46(82)64-32(19-25(2)3)49(85)67-35(22-42(78)79)51(87)69-37(24-73)53(89)66-33(20-26(4)5)52(88)70-45(30(9)74)57(93)72-18-12-14-39(72)55(91)62-29(8)47(83)65-34(21-40(59)75)50(86)63-31(15-16-41(76)77)48(84)68-36(58(94)95)23-43(80)81/h25-39,44-45,73-74H,10-24,60H2,1-9H3,(H2,59,75)(H,61,90)(H,62,91)(H,63,86)(H,64,82)(H,65,83)(H,66,89)(H,67,85)(H,68,84)(H,69,87)(H,70,88)(H,76,77)(H,78,79)(H,80,81)(H,94,95)/t27-,28-,29-,30+,31-,32-,33-,34-,35-,36-,37-,38-,39-,44-,45-/m0/s1. The van der Waals surface area contributed by atoms with Crippen LogP contribution < -0.4 is 64.6 Å². The summed E-state index contributed by atoms with van der Waals surface area (Å²) in [6.07, 6.45) is -5.04. The van der Waals surface area contributed by atoms with Crippen molar-refractivity contribution in [1.82, 2.24) is 63.0 Å². The van der Waals surface area contributed by atoms with Crippen molar-refractivity contribution in [2.24, 2.45) is 29.2 Å². The van der Waals surface area contributed by atoms with Gasteiger partial charge in [0.15, 0.2) is 0 Å². The van der Waals surface area contributed by atoms with Crippen molar-refractivity contribution in [1.29, 1.82) is 0 Å². The van der Waals surface area contributed by atoms with Gasteiger partial charge in [0.2, 0.25) is 76.8 Å². The van der Waals surface area contributed by atoms with Crippen LogP contribution in [-0.4, -0.2) is 245 Å². The minimum atomic E-state index is -2.03. The van der Waals surface area contributed by atoms with Crippen molar-refractivity contribution < 1.29 is 112 Å². The Bertz CT molecular complexity index is 2820. The number of amides is 13. The average Bonchev–Trinajstić information content (AvgIpc) is 1.80. The molecule has 0 aromatic carbocycles. The molecule has 20 N–H and O–H groups in total. The van der Waals surface area contributed by atoms with E-state index in [1.54, 1.807) is 27.7 Å². The molecule has 2 heterocycles. The second kappa shape index (κ2) is 38.9. The Hall–Kier alpha value is -9.13. The number of primary amides is 1. The average molecular weight is 1360 g/mol. The summed E-state index contributed by atoms with van der Waals surface area (Å²) in [5.74, 6) is -21.0. The Labute approximate surface area is 547 Å². The van der Waals surface area contributed by atoms with Crippen LogP contribution in [-0.2, 0) is 81.5 Å². The van der Waals surface area contributed by atoms with Gasteiger partial charge in [-0.3, -0.25) is 76.7 Å². The van der Waals surface area contributed by atoms with Crippen LogP contribution in [0.2, 0.25) is 0 Å². The first-order valence-corrected chi connectivity index (χ1v) is 31.1. The number of aliphatic hydroxyl groups excluding tert-OH is 2. The van der Waals surface area contributed by atoms with Crippen LogP contribution in [0.25, 0.3) is 0 Å². The summed E-state index contributed by atoms with van der Waals surface area (Å²) in [4.78, 5) is 224. The summed E-state index contributed by atoms with van der Waals surface area (Å²) in [5.41, 5.74) is 11.5. The Balaban J connectivity index is 2.26. The molecule has 2 saturated heterocycles.